The lowest BCUT2D eigenvalue weighted by molar-refractivity contribution is -0.0353. The molecule has 0 aromatic carbocycles. The van der Waals surface area contributed by atoms with Gasteiger partial charge < -0.3 is 0 Å². The van der Waals surface area contributed by atoms with E-state index in [0.29, 0.717) is 5.78 Å². The molecule has 0 amide bonds. The van der Waals surface area contributed by atoms with Gasteiger partial charge in [-0.3, -0.25) is 9.78 Å². The van der Waals surface area contributed by atoms with Crippen molar-refractivity contribution in [2.45, 2.75) is 38.5 Å². The topological polar surface area (TPSA) is 30.0 Å². The number of Topliss-reactive ketones (excluding diaryl/α,β-unsaturated/α-hetero) is 1. The lowest BCUT2D eigenvalue weighted by atomic mass is 9.48. The minimum absolute atomic E-state index is 0.0161. The lowest BCUT2D eigenvalue weighted by Crippen LogP contribution is -2.50. The van der Waals surface area contributed by atoms with Gasteiger partial charge in [0.2, 0.25) is 0 Å². The molecule has 5 rings (SSSR count). The van der Waals surface area contributed by atoms with Crippen molar-refractivity contribution in [2.75, 3.05) is 0 Å². The third-order valence-corrected chi connectivity index (χ3v) is 5.44. The maximum absolute atomic E-state index is 12.9. The molecule has 1 heterocycles. The second-order valence-corrected chi connectivity index (χ2v) is 6.77. The smallest absolute Gasteiger partial charge is 0.170 e. The zero-order chi connectivity index (χ0) is 12.2. The Labute approximate surface area is 108 Å². The number of carbonyl (C=O) groups is 1. The number of nitrogens with zero attached hydrogens (tertiary/aromatic N) is 1. The molecule has 4 fully saturated rings. The van der Waals surface area contributed by atoms with Crippen LogP contribution in [0.5, 0.6) is 0 Å². The van der Waals surface area contributed by atoms with E-state index in [4.69, 9.17) is 0 Å². The van der Waals surface area contributed by atoms with E-state index < -0.39 is 0 Å². The normalized spacial score (nSPS) is 41.0. The molecule has 4 aliphatic carbocycles. The van der Waals surface area contributed by atoms with Gasteiger partial charge in [0.1, 0.15) is 0 Å². The van der Waals surface area contributed by atoms with E-state index in [1.165, 1.54) is 19.3 Å². The van der Waals surface area contributed by atoms with Crippen LogP contribution in [0.4, 0.5) is 0 Å². The van der Waals surface area contributed by atoms with E-state index in [1.807, 2.05) is 12.1 Å². The minimum atomic E-state index is -0.0161. The van der Waals surface area contributed by atoms with Crippen molar-refractivity contribution < 1.29 is 4.79 Å². The Kier molecular flexibility index (Phi) is 2.18. The van der Waals surface area contributed by atoms with Gasteiger partial charge in [-0.05, 0) is 68.4 Å². The monoisotopic (exact) mass is 241 g/mol. The summed E-state index contributed by atoms with van der Waals surface area (Å²) >= 11 is 0. The molecule has 0 aliphatic heterocycles. The molecular weight excluding hydrogens is 222 g/mol. The first-order valence-electron chi connectivity index (χ1n) is 7.20. The molecule has 1 aromatic heterocycles. The first kappa shape index (κ1) is 10.7. The van der Waals surface area contributed by atoms with Gasteiger partial charge in [-0.2, -0.15) is 0 Å². The number of pyridine rings is 1. The molecule has 0 spiro atoms. The summed E-state index contributed by atoms with van der Waals surface area (Å²) in [7, 11) is 0. The van der Waals surface area contributed by atoms with E-state index in [2.05, 4.69) is 4.98 Å². The predicted octanol–water partition coefficient (Wildman–Crippen LogP) is 3.48. The molecule has 4 aliphatic rings. The van der Waals surface area contributed by atoms with Crippen LogP contribution < -0.4 is 0 Å². The van der Waals surface area contributed by atoms with Crippen LogP contribution in [0.1, 0.15) is 48.9 Å². The third-order valence-electron chi connectivity index (χ3n) is 5.44. The van der Waals surface area contributed by atoms with Crippen LogP contribution in [0.15, 0.2) is 24.5 Å². The van der Waals surface area contributed by atoms with E-state index in [9.17, 15) is 4.79 Å². The second kappa shape index (κ2) is 3.66. The van der Waals surface area contributed by atoms with Gasteiger partial charge in [-0.15, -0.1) is 0 Å². The number of rotatable bonds is 2. The standard InChI is InChI=1S/C16H19NO/c18-15(14-2-1-3-17-10-14)16-7-11-4-12(8-16)6-13(5-11)9-16/h1-3,10-13H,4-9H2. The molecule has 2 heteroatoms. The Morgan fingerprint density at radius 2 is 1.72 bits per heavy atom. The average molecular weight is 241 g/mol. The highest BCUT2D eigenvalue weighted by Gasteiger charge is 2.54. The number of carbonyl (C=O) groups excluding carboxylic acids is 1. The molecule has 94 valence electrons. The zero-order valence-corrected chi connectivity index (χ0v) is 10.6. The molecule has 0 unspecified atom stereocenters. The fourth-order valence-electron chi connectivity index (χ4n) is 5.19. The Balaban J connectivity index is 1.70. The van der Waals surface area contributed by atoms with Crippen molar-refractivity contribution in [1.82, 2.24) is 4.98 Å². The highest BCUT2D eigenvalue weighted by Crippen LogP contribution is 2.60. The van der Waals surface area contributed by atoms with Crippen molar-refractivity contribution in [3.05, 3.63) is 30.1 Å². The summed E-state index contributed by atoms with van der Waals surface area (Å²) < 4.78 is 0. The molecule has 2 nitrogen and oxygen atoms in total. The van der Waals surface area contributed by atoms with Crippen molar-refractivity contribution >= 4 is 5.78 Å². The van der Waals surface area contributed by atoms with Gasteiger partial charge in [0.05, 0.1) is 0 Å². The van der Waals surface area contributed by atoms with Gasteiger partial charge in [-0.25, -0.2) is 0 Å². The van der Waals surface area contributed by atoms with Crippen molar-refractivity contribution in [1.29, 1.82) is 0 Å². The zero-order valence-electron chi connectivity index (χ0n) is 10.6. The van der Waals surface area contributed by atoms with Crippen molar-refractivity contribution in [3.8, 4) is 0 Å². The van der Waals surface area contributed by atoms with Gasteiger partial charge in [0.25, 0.3) is 0 Å². The van der Waals surface area contributed by atoms with Crippen LogP contribution in [0, 0.1) is 23.2 Å². The molecule has 4 bridgehead atoms. The van der Waals surface area contributed by atoms with E-state index >= 15 is 0 Å². The van der Waals surface area contributed by atoms with Gasteiger partial charge in [0.15, 0.2) is 5.78 Å². The Bertz CT molecular complexity index is 444. The highest BCUT2D eigenvalue weighted by molar-refractivity contribution is 6.00. The molecule has 1 aromatic rings. The second-order valence-electron chi connectivity index (χ2n) is 6.77. The van der Waals surface area contributed by atoms with E-state index in [1.54, 1.807) is 12.4 Å². The number of hydrogen-bond donors (Lipinski definition) is 0. The average Bonchev–Trinajstić information content (AvgIpc) is 2.37. The fraction of sp³-hybridized carbons (Fsp3) is 0.625. The molecule has 0 N–H and O–H groups in total. The lowest BCUT2D eigenvalue weighted by Gasteiger charge is -2.55. The quantitative estimate of drug-likeness (QED) is 0.742. The summed E-state index contributed by atoms with van der Waals surface area (Å²) in [6, 6.07) is 3.82. The summed E-state index contributed by atoms with van der Waals surface area (Å²) in [5.41, 5.74) is 0.817. The molecule has 0 radical (unpaired) electrons. The number of aromatic nitrogens is 1. The van der Waals surface area contributed by atoms with Crippen molar-refractivity contribution in [3.63, 3.8) is 0 Å². The van der Waals surface area contributed by atoms with Crippen LogP contribution in [-0.4, -0.2) is 10.8 Å². The first-order valence-corrected chi connectivity index (χ1v) is 7.20. The summed E-state index contributed by atoms with van der Waals surface area (Å²) in [5, 5.41) is 0. The molecule has 4 saturated carbocycles. The molecular formula is C16H19NO. The molecule has 0 atom stereocenters. The third kappa shape index (κ3) is 1.47. The Morgan fingerprint density at radius 1 is 1.11 bits per heavy atom. The Morgan fingerprint density at radius 3 is 2.22 bits per heavy atom. The maximum atomic E-state index is 12.9. The van der Waals surface area contributed by atoms with Crippen LogP contribution >= 0.6 is 0 Å². The van der Waals surface area contributed by atoms with Crippen LogP contribution in [0.3, 0.4) is 0 Å². The maximum Gasteiger partial charge on any atom is 0.170 e. The van der Waals surface area contributed by atoms with E-state index in [-0.39, 0.29) is 5.41 Å². The predicted molar refractivity (Wildman–Crippen MR) is 69.2 cm³/mol. The van der Waals surface area contributed by atoms with Gasteiger partial charge >= 0.3 is 0 Å². The molecule has 18 heavy (non-hydrogen) atoms. The minimum Gasteiger partial charge on any atom is -0.293 e. The summed E-state index contributed by atoms with van der Waals surface area (Å²) in [6.45, 7) is 0. The van der Waals surface area contributed by atoms with Crippen molar-refractivity contribution in [2.24, 2.45) is 23.2 Å². The first-order chi connectivity index (χ1) is 8.75. The SMILES string of the molecule is O=C(c1cccnc1)C12CC3CC(CC(C3)C1)C2. The summed E-state index contributed by atoms with van der Waals surface area (Å²) in [5.74, 6) is 2.88. The molecule has 0 saturated heterocycles. The largest absolute Gasteiger partial charge is 0.293 e. The fourth-order valence-corrected chi connectivity index (χ4v) is 5.19. The highest BCUT2D eigenvalue weighted by atomic mass is 16.1. The Hall–Kier alpha value is -1.18. The van der Waals surface area contributed by atoms with Gasteiger partial charge in [-0.1, -0.05) is 0 Å². The number of ketones is 1. The summed E-state index contributed by atoms with van der Waals surface area (Å²) in [6.07, 6.45) is 11.1. The van der Waals surface area contributed by atoms with Crippen LogP contribution in [0.2, 0.25) is 0 Å². The number of hydrogen-bond acceptors (Lipinski definition) is 2. The van der Waals surface area contributed by atoms with Crippen LogP contribution in [0.25, 0.3) is 0 Å². The van der Waals surface area contributed by atoms with Crippen LogP contribution in [-0.2, 0) is 0 Å². The summed E-state index contributed by atoms with van der Waals surface area (Å²) in [4.78, 5) is 17.0. The van der Waals surface area contributed by atoms with Gasteiger partial charge in [0, 0.05) is 23.4 Å². The van der Waals surface area contributed by atoms with E-state index in [0.717, 1.165) is 42.6 Å².